The number of nitrogens with zero attached hydrogens (tertiary/aromatic N) is 5. The predicted molar refractivity (Wildman–Crippen MR) is 148 cm³/mol. The molecular weight excluding hydrogens is 515 g/mol. The molecule has 0 atom stereocenters. The molecule has 3 heterocycles. The van der Waals surface area contributed by atoms with E-state index in [2.05, 4.69) is 41.6 Å². The number of hydrogen-bond donors (Lipinski definition) is 0. The molecule has 0 bridgehead atoms. The van der Waals surface area contributed by atoms with E-state index in [1.54, 1.807) is 16.8 Å². The number of aryl methyl sites for hydroxylation is 1. The summed E-state index contributed by atoms with van der Waals surface area (Å²) in [5.41, 5.74) is 3.18. The van der Waals surface area contributed by atoms with Crippen molar-refractivity contribution in [3.8, 4) is 11.3 Å². The number of halogens is 3. The summed E-state index contributed by atoms with van der Waals surface area (Å²) in [6.07, 6.45) is 9.35. The first kappa shape index (κ1) is 27.8. The molecule has 0 unspecified atom stereocenters. The zero-order valence-corrected chi connectivity index (χ0v) is 22.9. The Morgan fingerprint density at radius 2 is 1.93 bits per heavy atom. The van der Waals surface area contributed by atoms with E-state index in [9.17, 15) is 18.0 Å². The van der Waals surface area contributed by atoms with Crippen LogP contribution in [0.25, 0.3) is 16.9 Å². The lowest BCUT2D eigenvalue weighted by Gasteiger charge is -2.27. The molecule has 0 amide bonds. The van der Waals surface area contributed by atoms with E-state index in [1.165, 1.54) is 29.6 Å². The molecular formula is C31H34F3N5O. The number of hydrogen-bond acceptors (Lipinski definition) is 4. The fourth-order valence-corrected chi connectivity index (χ4v) is 5.88. The highest BCUT2D eigenvalue weighted by Gasteiger charge is 2.38. The number of rotatable bonds is 9. The van der Waals surface area contributed by atoms with Gasteiger partial charge in [-0.3, -0.25) is 18.9 Å². The molecule has 3 aromatic heterocycles. The van der Waals surface area contributed by atoms with Crippen molar-refractivity contribution in [3.05, 3.63) is 83.7 Å². The van der Waals surface area contributed by atoms with Gasteiger partial charge in [-0.1, -0.05) is 44.5 Å². The van der Waals surface area contributed by atoms with Gasteiger partial charge in [0.05, 0.1) is 29.7 Å². The Morgan fingerprint density at radius 1 is 1.15 bits per heavy atom. The molecule has 0 spiro atoms. The van der Waals surface area contributed by atoms with Crippen LogP contribution in [0.3, 0.4) is 0 Å². The van der Waals surface area contributed by atoms with Gasteiger partial charge in [-0.2, -0.15) is 18.3 Å². The smallest absolute Gasteiger partial charge is 0.296 e. The number of aromatic nitrogens is 5. The van der Waals surface area contributed by atoms with Gasteiger partial charge in [0.1, 0.15) is 0 Å². The zero-order chi connectivity index (χ0) is 28.4. The van der Waals surface area contributed by atoms with E-state index in [0.29, 0.717) is 17.8 Å². The lowest BCUT2D eigenvalue weighted by molar-refractivity contribution is -0.141. The highest BCUT2D eigenvalue weighted by molar-refractivity contribution is 5.99. The van der Waals surface area contributed by atoms with E-state index < -0.39 is 11.9 Å². The minimum absolute atomic E-state index is 0.0527. The van der Waals surface area contributed by atoms with Crippen LogP contribution in [0.2, 0.25) is 0 Å². The van der Waals surface area contributed by atoms with E-state index in [0.717, 1.165) is 54.7 Å². The molecule has 1 saturated carbocycles. The number of fused-ring (bicyclic) bond motifs is 1. The second-order valence-electron chi connectivity index (χ2n) is 10.6. The highest BCUT2D eigenvalue weighted by Crippen LogP contribution is 2.37. The van der Waals surface area contributed by atoms with Crippen molar-refractivity contribution in [2.45, 2.75) is 71.5 Å². The molecule has 9 heteroatoms. The molecule has 4 aromatic rings. The SMILES string of the molecule is C=CCn1cc(-c2cnc3c(Cc4ccc(C(=O)C5CCC(CC)CC5)c(CC)c4)nccn23)c(C(F)(F)F)n1. The van der Waals surface area contributed by atoms with Crippen LogP contribution < -0.4 is 0 Å². The lowest BCUT2D eigenvalue weighted by atomic mass is 9.77. The number of alkyl halides is 3. The first-order valence-corrected chi connectivity index (χ1v) is 14.0. The van der Waals surface area contributed by atoms with Crippen molar-refractivity contribution < 1.29 is 18.0 Å². The number of ketones is 1. The zero-order valence-electron chi connectivity index (χ0n) is 22.9. The van der Waals surface area contributed by atoms with E-state index in [4.69, 9.17) is 0 Å². The van der Waals surface area contributed by atoms with Gasteiger partial charge in [-0.15, -0.1) is 6.58 Å². The second kappa shape index (κ2) is 11.4. The molecule has 0 aliphatic heterocycles. The van der Waals surface area contributed by atoms with E-state index in [-0.39, 0.29) is 29.5 Å². The Morgan fingerprint density at radius 3 is 2.60 bits per heavy atom. The molecule has 1 aromatic carbocycles. The summed E-state index contributed by atoms with van der Waals surface area (Å²) in [6.45, 7) is 8.02. The molecule has 210 valence electrons. The number of allylic oxidation sites excluding steroid dienone is 1. The molecule has 0 radical (unpaired) electrons. The largest absolute Gasteiger partial charge is 0.435 e. The third kappa shape index (κ3) is 5.46. The molecule has 5 rings (SSSR count). The first-order valence-electron chi connectivity index (χ1n) is 14.0. The summed E-state index contributed by atoms with van der Waals surface area (Å²) in [5.74, 6) is 1.07. The topological polar surface area (TPSA) is 65.1 Å². The van der Waals surface area contributed by atoms with Gasteiger partial charge in [0.25, 0.3) is 0 Å². The van der Waals surface area contributed by atoms with Crippen LogP contribution in [-0.4, -0.2) is 29.9 Å². The molecule has 1 aliphatic carbocycles. The van der Waals surface area contributed by atoms with Gasteiger partial charge >= 0.3 is 6.18 Å². The highest BCUT2D eigenvalue weighted by atomic mass is 19.4. The van der Waals surface area contributed by atoms with Gasteiger partial charge < -0.3 is 0 Å². The Kier molecular flexibility index (Phi) is 7.92. The maximum atomic E-state index is 13.8. The summed E-state index contributed by atoms with van der Waals surface area (Å²) in [4.78, 5) is 22.3. The minimum atomic E-state index is -4.62. The Bertz CT molecular complexity index is 1530. The summed E-state index contributed by atoms with van der Waals surface area (Å²) in [6, 6.07) is 5.95. The standard InChI is InChI=1S/C31H34F3N5O/c1-4-14-38-19-25(29(37-38)31(32,33)34)27-18-36-30-26(35-13-15-39(27)30)17-21-9-12-24(22(6-3)16-21)28(40)23-10-7-20(5-2)8-11-23/h4,9,12-13,15-16,18-20,23H,1,5-8,10-11,14,17H2,2-3H3. The number of imidazole rings is 1. The van der Waals surface area contributed by atoms with Crippen molar-refractivity contribution in [3.63, 3.8) is 0 Å². The van der Waals surface area contributed by atoms with Crippen molar-refractivity contribution >= 4 is 11.4 Å². The summed E-state index contributed by atoms with van der Waals surface area (Å²) in [5, 5.41) is 3.74. The molecule has 1 fully saturated rings. The van der Waals surface area contributed by atoms with Gasteiger partial charge in [-0.25, -0.2) is 4.98 Å². The number of benzene rings is 1. The number of Topliss-reactive ketones (excluding diaryl/α,β-unsaturated/α-hetero) is 1. The Balaban J connectivity index is 1.43. The quantitative estimate of drug-likeness (QED) is 0.162. The van der Waals surface area contributed by atoms with Gasteiger partial charge in [0.15, 0.2) is 17.1 Å². The van der Waals surface area contributed by atoms with Crippen LogP contribution in [-0.2, 0) is 25.6 Å². The molecule has 6 nitrogen and oxygen atoms in total. The number of carbonyl (C=O) groups is 1. The summed E-state index contributed by atoms with van der Waals surface area (Å²) < 4.78 is 44.3. The second-order valence-corrected chi connectivity index (χ2v) is 10.6. The van der Waals surface area contributed by atoms with E-state index in [1.807, 2.05) is 12.1 Å². The van der Waals surface area contributed by atoms with Crippen molar-refractivity contribution in [2.75, 3.05) is 0 Å². The average Bonchev–Trinajstić information content (AvgIpc) is 3.58. The van der Waals surface area contributed by atoms with Gasteiger partial charge in [0, 0.05) is 36.5 Å². The van der Waals surface area contributed by atoms with Crippen molar-refractivity contribution in [1.29, 1.82) is 0 Å². The average molecular weight is 550 g/mol. The Hall–Kier alpha value is -3.75. The van der Waals surface area contributed by atoms with Crippen LogP contribution in [0.4, 0.5) is 13.2 Å². The molecule has 0 saturated heterocycles. The number of carbonyl (C=O) groups excluding carboxylic acids is 1. The van der Waals surface area contributed by atoms with Gasteiger partial charge in [0.2, 0.25) is 0 Å². The predicted octanol–water partition coefficient (Wildman–Crippen LogP) is 7.35. The van der Waals surface area contributed by atoms with E-state index >= 15 is 0 Å². The first-order chi connectivity index (χ1) is 19.2. The monoisotopic (exact) mass is 549 g/mol. The van der Waals surface area contributed by atoms with Crippen molar-refractivity contribution in [2.24, 2.45) is 11.8 Å². The van der Waals surface area contributed by atoms with Gasteiger partial charge in [-0.05, 0) is 49.1 Å². The van der Waals surface area contributed by atoms with Crippen LogP contribution in [0.5, 0.6) is 0 Å². The van der Waals surface area contributed by atoms with Crippen LogP contribution in [0, 0.1) is 11.8 Å². The molecule has 0 N–H and O–H groups in total. The lowest BCUT2D eigenvalue weighted by Crippen LogP contribution is -2.22. The fraction of sp³-hybridized carbons (Fsp3) is 0.419. The Labute approximate surface area is 232 Å². The van der Waals surface area contributed by atoms with Crippen molar-refractivity contribution in [1.82, 2.24) is 24.1 Å². The normalized spacial score (nSPS) is 17.8. The molecule has 1 aliphatic rings. The summed E-state index contributed by atoms with van der Waals surface area (Å²) in [7, 11) is 0. The summed E-state index contributed by atoms with van der Waals surface area (Å²) >= 11 is 0. The third-order valence-electron chi connectivity index (χ3n) is 8.11. The van der Waals surface area contributed by atoms with Crippen LogP contribution in [0.15, 0.2) is 55.6 Å². The minimum Gasteiger partial charge on any atom is -0.296 e. The van der Waals surface area contributed by atoms with Crippen LogP contribution >= 0.6 is 0 Å². The third-order valence-corrected chi connectivity index (χ3v) is 8.11. The fourth-order valence-electron chi connectivity index (χ4n) is 5.88. The maximum absolute atomic E-state index is 13.8. The van der Waals surface area contributed by atoms with Crippen LogP contribution in [0.1, 0.15) is 78.8 Å². The molecule has 40 heavy (non-hydrogen) atoms. The maximum Gasteiger partial charge on any atom is 0.435 e.